The highest BCUT2D eigenvalue weighted by Gasteiger charge is 2.17. The molecule has 0 aliphatic carbocycles. The van der Waals surface area contributed by atoms with Gasteiger partial charge in [0.25, 0.3) is 0 Å². The average molecular weight is 196 g/mol. The van der Waals surface area contributed by atoms with Crippen LogP contribution in [0.2, 0.25) is 0 Å². The quantitative estimate of drug-likeness (QED) is 0.674. The Morgan fingerprint density at radius 2 is 2.29 bits per heavy atom. The van der Waals surface area contributed by atoms with Crippen LogP contribution in [0.4, 0.5) is 0 Å². The van der Waals surface area contributed by atoms with Gasteiger partial charge in [0.05, 0.1) is 19.3 Å². The van der Waals surface area contributed by atoms with Crippen LogP contribution in [0, 0.1) is 0 Å². The number of aliphatic imine (C=N–C) groups is 1. The highest BCUT2D eigenvalue weighted by Crippen LogP contribution is 2.01. The Morgan fingerprint density at radius 1 is 1.57 bits per heavy atom. The van der Waals surface area contributed by atoms with Crippen LogP contribution in [-0.4, -0.2) is 38.6 Å². The van der Waals surface area contributed by atoms with Gasteiger partial charge in [-0.1, -0.05) is 12.5 Å². The fourth-order valence-corrected chi connectivity index (χ4v) is 1.18. The SMILES string of the molecule is CC/C(C)=C/C(CNC1COC1)=NC. The van der Waals surface area contributed by atoms with Crippen LogP contribution in [-0.2, 0) is 4.74 Å². The van der Waals surface area contributed by atoms with E-state index in [0.717, 1.165) is 31.9 Å². The van der Waals surface area contributed by atoms with Crippen molar-refractivity contribution >= 4 is 5.71 Å². The van der Waals surface area contributed by atoms with Gasteiger partial charge in [-0.25, -0.2) is 0 Å². The molecule has 1 rings (SSSR count). The fraction of sp³-hybridized carbons (Fsp3) is 0.727. The maximum atomic E-state index is 5.09. The molecule has 0 unspecified atom stereocenters. The summed E-state index contributed by atoms with van der Waals surface area (Å²) in [5.74, 6) is 0. The summed E-state index contributed by atoms with van der Waals surface area (Å²) in [6.07, 6.45) is 3.25. The van der Waals surface area contributed by atoms with Gasteiger partial charge in [-0.2, -0.15) is 0 Å². The van der Waals surface area contributed by atoms with E-state index in [4.69, 9.17) is 4.74 Å². The molecule has 0 spiro atoms. The predicted molar refractivity (Wildman–Crippen MR) is 60.0 cm³/mol. The third-order valence-corrected chi connectivity index (χ3v) is 2.47. The van der Waals surface area contributed by atoms with Crippen LogP contribution in [0.1, 0.15) is 20.3 Å². The van der Waals surface area contributed by atoms with E-state index < -0.39 is 0 Å². The zero-order valence-corrected chi connectivity index (χ0v) is 9.34. The number of nitrogens with one attached hydrogen (secondary N) is 1. The van der Waals surface area contributed by atoms with Gasteiger partial charge in [0.1, 0.15) is 0 Å². The lowest BCUT2D eigenvalue weighted by molar-refractivity contribution is -0.00297. The van der Waals surface area contributed by atoms with Crippen molar-refractivity contribution in [1.82, 2.24) is 5.32 Å². The summed E-state index contributed by atoms with van der Waals surface area (Å²) in [5.41, 5.74) is 2.49. The van der Waals surface area contributed by atoms with E-state index in [1.807, 2.05) is 7.05 Å². The number of rotatable bonds is 5. The molecule has 1 aliphatic heterocycles. The van der Waals surface area contributed by atoms with Gasteiger partial charge >= 0.3 is 0 Å². The molecule has 3 heteroatoms. The average Bonchev–Trinajstić information content (AvgIpc) is 2.13. The molecule has 0 atom stereocenters. The second kappa shape index (κ2) is 5.94. The van der Waals surface area contributed by atoms with Crippen LogP contribution in [0.5, 0.6) is 0 Å². The van der Waals surface area contributed by atoms with E-state index in [0.29, 0.717) is 6.04 Å². The predicted octanol–water partition coefficient (Wildman–Crippen LogP) is 1.40. The second-order valence-corrected chi connectivity index (χ2v) is 3.67. The van der Waals surface area contributed by atoms with Crippen LogP contribution >= 0.6 is 0 Å². The highest BCUT2D eigenvalue weighted by atomic mass is 16.5. The molecule has 0 saturated carbocycles. The van der Waals surface area contributed by atoms with Crippen LogP contribution in [0.15, 0.2) is 16.6 Å². The molecule has 0 bridgehead atoms. The first-order chi connectivity index (χ1) is 6.76. The second-order valence-electron chi connectivity index (χ2n) is 3.67. The number of allylic oxidation sites excluding steroid dienone is 1. The molecule has 80 valence electrons. The Balaban J connectivity index is 2.31. The van der Waals surface area contributed by atoms with Crippen molar-refractivity contribution in [2.24, 2.45) is 4.99 Å². The number of hydrogen-bond acceptors (Lipinski definition) is 3. The molecule has 0 aromatic heterocycles. The fourth-order valence-electron chi connectivity index (χ4n) is 1.18. The van der Waals surface area contributed by atoms with Crippen molar-refractivity contribution in [3.05, 3.63) is 11.6 Å². The van der Waals surface area contributed by atoms with Crippen molar-refractivity contribution < 1.29 is 4.74 Å². The van der Waals surface area contributed by atoms with Crippen LogP contribution in [0.3, 0.4) is 0 Å². The van der Waals surface area contributed by atoms with E-state index in [2.05, 4.69) is 30.2 Å². The normalized spacial score (nSPS) is 19.6. The first-order valence-corrected chi connectivity index (χ1v) is 5.20. The summed E-state index contributed by atoms with van der Waals surface area (Å²) in [5, 5.41) is 3.40. The van der Waals surface area contributed by atoms with Crippen LogP contribution in [0.25, 0.3) is 0 Å². The van der Waals surface area contributed by atoms with Gasteiger partial charge in [-0.3, -0.25) is 4.99 Å². The maximum Gasteiger partial charge on any atom is 0.0643 e. The minimum Gasteiger partial charge on any atom is -0.378 e. The molecule has 3 nitrogen and oxygen atoms in total. The first-order valence-electron chi connectivity index (χ1n) is 5.20. The van der Waals surface area contributed by atoms with E-state index >= 15 is 0 Å². The summed E-state index contributed by atoms with van der Waals surface area (Å²) in [6, 6.07) is 0.530. The summed E-state index contributed by atoms with van der Waals surface area (Å²) in [6.45, 7) is 6.83. The monoisotopic (exact) mass is 196 g/mol. The third-order valence-electron chi connectivity index (χ3n) is 2.47. The van der Waals surface area contributed by atoms with E-state index in [1.54, 1.807) is 0 Å². The van der Waals surface area contributed by atoms with E-state index in [1.165, 1.54) is 5.57 Å². The number of nitrogens with zero attached hydrogens (tertiary/aromatic N) is 1. The highest BCUT2D eigenvalue weighted by molar-refractivity contribution is 5.97. The minimum atomic E-state index is 0.530. The Kier molecular flexibility index (Phi) is 4.84. The standard InChI is InChI=1S/C11H20N2O/c1-4-9(2)5-10(12-3)6-13-11-7-14-8-11/h5,11,13H,4,6-8H2,1-3H3/b9-5+,12-10?. The molecule has 1 N–H and O–H groups in total. The van der Waals surface area contributed by atoms with Gasteiger partial charge in [0.15, 0.2) is 0 Å². The van der Waals surface area contributed by atoms with Crippen molar-refractivity contribution in [2.75, 3.05) is 26.8 Å². The van der Waals surface area contributed by atoms with E-state index in [-0.39, 0.29) is 0 Å². The smallest absolute Gasteiger partial charge is 0.0643 e. The number of ether oxygens (including phenoxy) is 1. The largest absolute Gasteiger partial charge is 0.378 e. The summed E-state index contributed by atoms with van der Waals surface area (Å²) in [4.78, 5) is 4.24. The van der Waals surface area contributed by atoms with Gasteiger partial charge in [-0.15, -0.1) is 0 Å². The molecule has 0 amide bonds. The molecule has 1 saturated heterocycles. The molecular formula is C11H20N2O. The van der Waals surface area contributed by atoms with Crippen molar-refractivity contribution in [3.63, 3.8) is 0 Å². The van der Waals surface area contributed by atoms with Crippen molar-refractivity contribution in [1.29, 1.82) is 0 Å². The minimum absolute atomic E-state index is 0.530. The lowest BCUT2D eigenvalue weighted by Gasteiger charge is -2.26. The Labute approximate surface area is 86.3 Å². The van der Waals surface area contributed by atoms with Gasteiger partial charge < -0.3 is 10.1 Å². The molecule has 14 heavy (non-hydrogen) atoms. The first kappa shape index (κ1) is 11.4. The van der Waals surface area contributed by atoms with Crippen LogP contribution < -0.4 is 5.32 Å². The summed E-state index contributed by atoms with van der Waals surface area (Å²) >= 11 is 0. The van der Waals surface area contributed by atoms with Gasteiger partial charge in [0.2, 0.25) is 0 Å². The van der Waals surface area contributed by atoms with Crippen molar-refractivity contribution in [2.45, 2.75) is 26.3 Å². The molecule has 0 radical (unpaired) electrons. The van der Waals surface area contributed by atoms with Crippen molar-refractivity contribution in [3.8, 4) is 0 Å². The Morgan fingerprint density at radius 3 is 2.71 bits per heavy atom. The number of hydrogen-bond donors (Lipinski definition) is 1. The summed E-state index contributed by atoms with van der Waals surface area (Å²) < 4.78 is 5.09. The third kappa shape index (κ3) is 3.60. The molecule has 1 aliphatic rings. The van der Waals surface area contributed by atoms with Gasteiger partial charge in [0, 0.05) is 19.3 Å². The zero-order valence-electron chi connectivity index (χ0n) is 9.34. The molecular weight excluding hydrogens is 176 g/mol. The van der Waals surface area contributed by atoms with E-state index in [9.17, 15) is 0 Å². The molecule has 1 fully saturated rings. The topological polar surface area (TPSA) is 33.6 Å². The Bertz CT molecular complexity index is 229. The lowest BCUT2D eigenvalue weighted by atomic mass is 10.1. The molecule has 1 heterocycles. The molecule has 0 aromatic rings. The van der Waals surface area contributed by atoms with Gasteiger partial charge in [-0.05, 0) is 19.4 Å². The molecule has 0 aromatic carbocycles. The Hall–Kier alpha value is -0.670. The summed E-state index contributed by atoms with van der Waals surface area (Å²) in [7, 11) is 1.84. The lowest BCUT2D eigenvalue weighted by Crippen LogP contribution is -2.47. The maximum absolute atomic E-state index is 5.09. The zero-order chi connectivity index (χ0) is 10.4.